The first kappa shape index (κ1) is 16.7. The molecule has 136 valence electrons. The van der Waals surface area contributed by atoms with Crippen molar-refractivity contribution in [1.82, 2.24) is 19.7 Å². The average molecular weight is 358 g/mol. The molecule has 3 heterocycles. The normalized spacial score (nSPS) is 20.6. The minimum absolute atomic E-state index is 0.347. The number of nitrogens with zero attached hydrogens (tertiary/aromatic N) is 4. The van der Waals surface area contributed by atoms with E-state index in [1.165, 1.54) is 12.3 Å². The molecule has 0 saturated carbocycles. The summed E-state index contributed by atoms with van der Waals surface area (Å²) in [6.07, 6.45) is 3.93. The molecule has 1 aliphatic rings. The Bertz CT molecular complexity index is 894. The fourth-order valence-corrected chi connectivity index (χ4v) is 3.07. The van der Waals surface area contributed by atoms with Gasteiger partial charge < -0.3 is 14.3 Å². The Hall–Kier alpha value is -2.71. The predicted molar refractivity (Wildman–Crippen MR) is 90.8 cm³/mol. The highest BCUT2D eigenvalue weighted by atomic mass is 19.1. The molecule has 0 bridgehead atoms. The summed E-state index contributed by atoms with van der Waals surface area (Å²) in [5.74, 6) is 1.13. The van der Waals surface area contributed by atoms with Crippen molar-refractivity contribution >= 4 is 0 Å². The number of hydrogen-bond acceptors (Lipinski definition) is 6. The quantitative estimate of drug-likeness (QED) is 0.750. The molecule has 0 unspecified atom stereocenters. The average Bonchev–Trinajstić information content (AvgIpc) is 3.31. The van der Waals surface area contributed by atoms with Crippen molar-refractivity contribution in [2.24, 2.45) is 7.05 Å². The molecule has 2 aromatic heterocycles. The van der Waals surface area contributed by atoms with E-state index >= 15 is 0 Å². The molecular weight excluding hydrogens is 339 g/mol. The molecule has 0 spiro atoms. The zero-order chi connectivity index (χ0) is 18.1. The Morgan fingerprint density at radius 2 is 2.15 bits per heavy atom. The van der Waals surface area contributed by atoms with Crippen molar-refractivity contribution in [2.45, 2.75) is 18.8 Å². The van der Waals surface area contributed by atoms with Crippen LogP contribution in [0.5, 0.6) is 5.75 Å². The number of benzene rings is 1. The van der Waals surface area contributed by atoms with Crippen LogP contribution in [0.25, 0.3) is 11.3 Å². The number of halogens is 1. The summed E-state index contributed by atoms with van der Waals surface area (Å²) in [4.78, 5) is 6.21. The molecular formula is C18H19FN4O3. The first-order valence-electron chi connectivity index (χ1n) is 8.34. The van der Waals surface area contributed by atoms with Crippen LogP contribution in [-0.2, 0) is 13.6 Å². The van der Waals surface area contributed by atoms with Gasteiger partial charge in [0.2, 0.25) is 5.89 Å². The smallest absolute Gasteiger partial charge is 0.209 e. The summed E-state index contributed by atoms with van der Waals surface area (Å²) in [6.45, 7) is 1.40. The maximum atomic E-state index is 13.8. The summed E-state index contributed by atoms with van der Waals surface area (Å²) in [6, 6.07) is 6.41. The van der Waals surface area contributed by atoms with E-state index in [-0.39, 0.29) is 11.9 Å². The van der Waals surface area contributed by atoms with Crippen LogP contribution in [0.1, 0.15) is 5.89 Å². The lowest BCUT2D eigenvalue weighted by Gasteiger charge is -2.15. The molecule has 1 aliphatic heterocycles. The highest BCUT2D eigenvalue weighted by molar-refractivity contribution is 5.56. The van der Waals surface area contributed by atoms with E-state index in [4.69, 9.17) is 9.15 Å². The zero-order valence-corrected chi connectivity index (χ0v) is 14.2. The number of aliphatic hydroxyl groups excluding tert-OH is 1. The maximum absolute atomic E-state index is 13.8. The summed E-state index contributed by atoms with van der Waals surface area (Å²) < 4.78 is 27.0. The van der Waals surface area contributed by atoms with Crippen molar-refractivity contribution in [2.75, 3.05) is 13.1 Å². The Labute approximate surface area is 149 Å². The van der Waals surface area contributed by atoms with E-state index in [9.17, 15) is 9.50 Å². The van der Waals surface area contributed by atoms with E-state index in [1.807, 2.05) is 4.90 Å². The number of aromatic nitrogens is 3. The minimum Gasteiger partial charge on any atom is -0.483 e. The van der Waals surface area contributed by atoms with Gasteiger partial charge in [0.25, 0.3) is 0 Å². The van der Waals surface area contributed by atoms with Gasteiger partial charge in [-0.2, -0.15) is 5.10 Å². The number of β-amino-alcohol motifs (C(OH)–C–C–N with tert-alkyl or cyclic N) is 1. The van der Waals surface area contributed by atoms with Gasteiger partial charge in [0.05, 0.1) is 30.7 Å². The van der Waals surface area contributed by atoms with Gasteiger partial charge in [0, 0.05) is 20.1 Å². The van der Waals surface area contributed by atoms with E-state index in [0.29, 0.717) is 42.6 Å². The van der Waals surface area contributed by atoms with Crippen LogP contribution >= 0.6 is 0 Å². The molecule has 4 rings (SSSR count). The van der Waals surface area contributed by atoms with Crippen LogP contribution in [0, 0.1) is 5.82 Å². The van der Waals surface area contributed by atoms with E-state index in [1.54, 1.807) is 42.3 Å². The van der Waals surface area contributed by atoms with Crippen LogP contribution in [-0.4, -0.2) is 50.1 Å². The van der Waals surface area contributed by atoms with Gasteiger partial charge in [-0.15, -0.1) is 0 Å². The second-order valence-corrected chi connectivity index (χ2v) is 6.37. The van der Waals surface area contributed by atoms with Crippen molar-refractivity contribution in [3.8, 4) is 17.1 Å². The molecule has 26 heavy (non-hydrogen) atoms. The van der Waals surface area contributed by atoms with Crippen LogP contribution in [0.4, 0.5) is 4.39 Å². The van der Waals surface area contributed by atoms with Crippen LogP contribution < -0.4 is 4.74 Å². The Kier molecular flexibility index (Phi) is 4.44. The van der Waals surface area contributed by atoms with Gasteiger partial charge in [0.15, 0.2) is 11.5 Å². The van der Waals surface area contributed by atoms with Gasteiger partial charge in [-0.05, 0) is 12.1 Å². The lowest BCUT2D eigenvalue weighted by Crippen LogP contribution is -2.29. The number of aliphatic hydroxyl groups is 1. The summed E-state index contributed by atoms with van der Waals surface area (Å²) in [5.41, 5.74) is 0.380. The third-order valence-corrected chi connectivity index (χ3v) is 4.33. The van der Waals surface area contributed by atoms with Gasteiger partial charge in [-0.3, -0.25) is 9.58 Å². The standard InChI is InChI=1S/C18H19FN4O3/c1-22-8-12(6-21-22)25-17-10-23(9-15(17)24)11-18-20-7-16(26-18)13-4-2-3-5-14(13)19/h2-8,15,17,24H,9-11H2,1H3/t15-,17-/m1/s1. The van der Waals surface area contributed by atoms with Crippen molar-refractivity contribution < 1.29 is 18.7 Å². The van der Waals surface area contributed by atoms with E-state index in [0.717, 1.165) is 0 Å². The number of aryl methyl sites for hydroxylation is 1. The summed E-state index contributed by atoms with van der Waals surface area (Å²) in [7, 11) is 1.81. The third kappa shape index (κ3) is 3.47. The lowest BCUT2D eigenvalue weighted by atomic mass is 10.2. The van der Waals surface area contributed by atoms with Gasteiger partial charge >= 0.3 is 0 Å². The second-order valence-electron chi connectivity index (χ2n) is 6.37. The summed E-state index contributed by atoms with van der Waals surface area (Å²) >= 11 is 0. The highest BCUT2D eigenvalue weighted by Crippen LogP contribution is 2.25. The molecule has 0 aliphatic carbocycles. The van der Waals surface area contributed by atoms with Crippen LogP contribution in [0.2, 0.25) is 0 Å². The summed E-state index contributed by atoms with van der Waals surface area (Å²) in [5, 5.41) is 14.3. The Morgan fingerprint density at radius 3 is 2.92 bits per heavy atom. The molecule has 0 amide bonds. The minimum atomic E-state index is -0.615. The third-order valence-electron chi connectivity index (χ3n) is 4.33. The zero-order valence-electron chi connectivity index (χ0n) is 14.2. The molecule has 3 aromatic rings. The SMILES string of the molecule is Cn1cc(O[C@@H]2CN(Cc3ncc(-c4ccccc4F)o3)C[C@H]2O)cn1. The van der Waals surface area contributed by atoms with E-state index in [2.05, 4.69) is 10.1 Å². The molecule has 1 N–H and O–H groups in total. The predicted octanol–water partition coefficient (Wildman–Crippen LogP) is 1.84. The molecule has 7 nitrogen and oxygen atoms in total. The molecule has 1 saturated heterocycles. The molecule has 1 aromatic carbocycles. The number of hydrogen-bond donors (Lipinski definition) is 1. The van der Waals surface area contributed by atoms with Crippen LogP contribution in [0.15, 0.2) is 47.3 Å². The Morgan fingerprint density at radius 1 is 1.31 bits per heavy atom. The molecule has 1 fully saturated rings. The van der Waals surface area contributed by atoms with Gasteiger partial charge in [-0.1, -0.05) is 12.1 Å². The lowest BCUT2D eigenvalue weighted by molar-refractivity contribution is 0.0736. The van der Waals surface area contributed by atoms with Crippen molar-refractivity contribution in [3.63, 3.8) is 0 Å². The van der Waals surface area contributed by atoms with Gasteiger partial charge in [-0.25, -0.2) is 9.37 Å². The Balaban J connectivity index is 1.40. The number of rotatable bonds is 5. The fraction of sp³-hybridized carbons (Fsp3) is 0.333. The van der Waals surface area contributed by atoms with E-state index < -0.39 is 6.10 Å². The molecule has 0 radical (unpaired) electrons. The number of likely N-dealkylation sites (tertiary alicyclic amines) is 1. The second kappa shape index (κ2) is 6.89. The maximum Gasteiger partial charge on any atom is 0.209 e. The monoisotopic (exact) mass is 358 g/mol. The number of ether oxygens (including phenoxy) is 1. The highest BCUT2D eigenvalue weighted by Gasteiger charge is 2.34. The first-order chi connectivity index (χ1) is 12.6. The van der Waals surface area contributed by atoms with Crippen LogP contribution in [0.3, 0.4) is 0 Å². The topological polar surface area (TPSA) is 76.5 Å². The molecule has 8 heteroatoms. The number of oxazole rings is 1. The van der Waals surface area contributed by atoms with Gasteiger partial charge in [0.1, 0.15) is 18.0 Å². The largest absolute Gasteiger partial charge is 0.483 e. The molecule has 2 atom stereocenters. The fourth-order valence-electron chi connectivity index (χ4n) is 3.07. The van der Waals surface area contributed by atoms with Crippen molar-refractivity contribution in [3.05, 3.63) is 54.6 Å². The van der Waals surface area contributed by atoms with Crippen molar-refractivity contribution in [1.29, 1.82) is 0 Å². The first-order valence-corrected chi connectivity index (χ1v) is 8.34.